The number of rotatable bonds is 26. The molecule has 7 aromatic rings. The van der Waals surface area contributed by atoms with Gasteiger partial charge in [0.15, 0.2) is 0 Å². The van der Waals surface area contributed by atoms with Gasteiger partial charge in [0.05, 0.1) is 107 Å². The molecule has 0 saturated carbocycles. The van der Waals surface area contributed by atoms with E-state index in [9.17, 15) is 79.9 Å². The number of nitrogens with two attached hydrogens (primary N) is 1. The van der Waals surface area contributed by atoms with Crippen molar-refractivity contribution in [2.24, 2.45) is 0 Å². The van der Waals surface area contributed by atoms with Crippen molar-refractivity contribution in [3.8, 4) is 0 Å². The molecule has 0 amide bonds. The predicted octanol–water partition coefficient (Wildman–Crippen LogP) is 9.99. The number of nitrogens with one attached hydrogen (secondary N) is 1. The number of aliphatic hydroxyl groups is 2. The Morgan fingerprint density at radius 3 is 1.02 bits per heavy atom. The fourth-order valence-corrected chi connectivity index (χ4v) is 14.3. The van der Waals surface area contributed by atoms with E-state index in [1.165, 1.54) is 125 Å². The Balaban J connectivity index is -0.000000738. The van der Waals surface area contributed by atoms with Crippen LogP contribution in [0.5, 0.6) is 0 Å². The second-order valence-electron chi connectivity index (χ2n) is 34.3. The molecule has 3 atom stereocenters. The molecule has 139 heavy (non-hydrogen) atoms. The number of hydrogen-bond acceptors (Lipinski definition) is 30. The van der Waals surface area contributed by atoms with Crippen LogP contribution in [-0.2, 0) is 84.2 Å². The molecule has 767 valence electrons. The Labute approximate surface area is 857 Å². The number of aldehydes is 1. The molecule has 3 unspecified atom stereocenters. The zero-order valence-corrected chi connectivity index (χ0v) is 88.2. The molecular formula is C97H142BClIN10NaO28-. The average Bonchev–Trinajstić information content (AvgIpc) is 0.977. The molecule has 3 radical (unpaired) electrons. The van der Waals surface area contributed by atoms with E-state index in [-0.39, 0.29) is 131 Å². The Morgan fingerprint density at radius 1 is 0.482 bits per heavy atom. The maximum Gasteiger partial charge on any atom is 1.00 e. The van der Waals surface area contributed by atoms with E-state index in [0.29, 0.717) is 48.4 Å². The Kier molecular flexibility index (Phi) is 68.4. The van der Waals surface area contributed by atoms with Gasteiger partial charge in [-0.05, 0) is 134 Å². The number of methoxy groups -OCH3 is 2. The summed E-state index contributed by atoms with van der Waals surface area (Å²) in [4.78, 5) is 120. The molecule has 0 spiro atoms. The van der Waals surface area contributed by atoms with Gasteiger partial charge in [0.25, 0.3) is 40.1 Å². The molecule has 5 aliphatic heterocycles. The standard InChI is InChI=1S/C15H22N2O3.C15H24N2O.C11H13NO4.C11H13NO3.C10H11NO4.C10H13NO3.C9H9NO4.C5H10IO.C4H9NO.C4H8O.C2H4O2.CH4O.B.ClH.Na.H/c1-15(2,7-8-16-9-11-20-12-10-16)13-3-5-14(6-4-13)17(18)19;1-15(2,13-3-5-14(16)6-4-13)7-8-17-9-11-18-12-10-17;1-11(2,10(13)16-3)8-4-6-9(7-5-8)12(14)15;1-11(2,7-8-13)9-3-5-10(6-4-9)12(14)15;1-7(10(12)15-2)8-3-5-9(6-4-8)11(13)14;1-10(2,7-12)8-3-5-9(6-4-8)11(13)14;1-6(9(11)12)7-2-4-8(5-3-7)10(13)14;1-6-5-3-2-4-7-5;1-3-6-4-2-5-1;1-2-4-5-3-1;1-2(3)4;1-2;;;;/h3-6H,7-12H2,1-2H3;3-6H,7-12,16H2,1-2H3;4-7H,1-3H3;3-6,8H,7H2,1-2H3;3-7H,1-2H3;3-6,12H,7H2,1-2H3;2-6H,1H3,(H,11,12);5H,2-4H2,1H3;5H,1-4H2;1-4H2;1H3,(H,3,4);2H,1H3;;1H;;/q;;;;;;;-1;;;;;;;+1;-1. The van der Waals surface area contributed by atoms with Gasteiger partial charge in [-0.2, -0.15) is 0 Å². The zero-order chi connectivity index (χ0) is 103. The molecule has 42 heteroatoms. The van der Waals surface area contributed by atoms with Crippen molar-refractivity contribution in [3.63, 3.8) is 0 Å². The molecule has 5 aliphatic rings. The summed E-state index contributed by atoms with van der Waals surface area (Å²) in [5, 5.41) is 98.0. The second-order valence-corrected chi connectivity index (χ2v) is 36.9. The molecular weight excluding hydrogens is 1950 g/mol. The number of anilines is 1. The molecule has 5 saturated heterocycles. The number of hydrogen-bond donors (Lipinski definition) is 6. The third-order valence-corrected chi connectivity index (χ3v) is 24.4. The van der Waals surface area contributed by atoms with E-state index >= 15 is 0 Å². The second kappa shape index (κ2) is 71.4. The van der Waals surface area contributed by atoms with Crippen LogP contribution in [0.4, 0.5) is 39.8 Å². The Morgan fingerprint density at radius 2 is 0.777 bits per heavy atom. The van der Waals surface area contributed by atoms with Crippen LogP contribution in [0.15, 0.2) is 170 Å². The number of benzene rings is 7. The molecule has 7 aromatic carbocycles. The van der Waals surface area contributed by atoms with Crippen LogP contribution >= 0.6 is 12.4 Å². The Bertz CT molecular complexity index is 4670. The van der Waals surface area contributed by atoms with Crippen molar-refractivity contribution in [2.45, 2.75) is 178 Å². The molecule has 5 fully saturated rings. The third-order valence-electron chi connectivity index (χ3n) is 22.0. The summed E-state index contributed by atoms with van der Waals surface area (Å²) in [7, 11) is 3.62. The normalized spacial score (nSPS) is 14.6. The van der Waals surface area contributed by atoms with Crippen molar-refractivity contribution in [1.29, 1.82) is 0 Å². The van der Waals surface area contributed by atoms with Crippen LogP contribution in [0, 0.1) is 60.7 Å². The summed E-state index contributed by atoms with van der Waals surface area (Å²) in [5.74, 6) is -3.56. The molecule has 0 aliphatic carbocycles. The van der Waals surface area contributed by atoms with Crippen molar-refractivity contribution in [1.82, 2.24) is 15.1 Å². The quantitative estimate of drug-likeness (QED) is 0.00429. The number of alkyl halides is 2. The number of carboxylic acids is 2. The van der Waals surface area contributed by atoms with Gasteiger partial charge in [-0.1, -0.05) is 140 Å². The van der Waals surface area contributed by atoms with Crippen LogP contribution in [0.3, 0.4) is 0 Å². The number of nitro groups is 6. The number of morpholine rings is 3. The summed E-state index contributed by atoms with van der Waals surface area (Å²) in [6.45, 7) is 40.9. The fraction of sp³-hybridized carbons (Fsp3) is 0.515. The number of ether oxygens (including phenoxy) is 7. The van der Waals surface area contributed by atoms with Crippen LogP contribution in [0.25, 0.3) is 0 Å². The van der Waals surface area contributed by atoms with Gasteiger partial charge in [-0.15, -0.1) is 12.4 Å². The molecule has 5 heterocycles. The largest absolute Gasteiger partial charge is 1.00 e. The van der Waals surface area contributed by atoms with Gasteiger partial charge in [-0.3, -0.25) is 89.7 Å². The van der Waals surface area contributed by atoms with Crippen molar-refractivity contribution in [3.05, 3.63) is 269 Å². The van der Waals surface area contributed by atoms with Crippen molar-refractivity contribution >= 4 is 90.8 Å². The van der Waals surface area contributed by atoms with E-state index in [1.807, 2.05) is 52.0 Å². The van der Waals surface area contributed by atoms with Crippen LogP contribution in [0.1, 0.15) is 187 Å². The SMILES string of the molecule is C1CCOC1.C1COCCN1.CC(=O)O.CC(C(=O)O)c1ccc([N+](=O)[O-])cc1.CC(C)(CC=O)c1ccc([N+](=O)[O-])cc1.CC(C)(CCN1CCOCC1)c1ccc(N)cc1.CC(C)(CCN1CCOCC1)c1ccc([N+](=O)[O-])cc1.CC(C)(CO)c1ccc([N+](=O)[O-])cc1.CO.COC(=O)C(C)(C)c1ccc([N+](=O)[O-])cc1.COC(=O)C(C)c1ccc([N+](=O)[O-])cc1.C[I-]C1CCCO1.Cl.[B].[H-].[Na+]. The minimum Gasteiger partial charge on any atom is -1.00 e. The van der Waals surface area contributed by atoms with Crippen LogP contribution in [-0.4, -0.2) is 247 Å². The van der Waals surface area contributed by atoms with Gasteiger partial charge in [0.1, 0.15) is 6.29 Å². The van der Waals surface area contributed by atoms with Gasteiger partial charge in [0.2, 0.25) is 0 Å². The number of esters is 2. The molecule has 7 N–H and O–H groups in total. The molecule has 38 nitrogen and oxygen atoms in total. The number of carbonyl (C=O) groups excluding carboxylic acids is 3. The number of carbonyl (C=O) groups is 5. The first-order chi connectivity index (χ1) is 64.1. The average molecular weight is 2090 g/mol. The first-order valence-electron chi connectivity index (χ1n) is 44.1. The number of halogens is 2. The summed E-state index contributed by atoms with van der Waals surface area (Å²) < 4.78 is 36.0. The van der Waals surface area contributed by atoms with E-state index in [2.05, 4.69) is 69.3 Å². The molecule has 0 bridgehead atoms. The number of aliphatic hydroxyl groups excluding tert-OH is 2. The topological polar surface area (TPSA) is 534 Å². The van der Waals surface area contributed by atoms with Gasteiger partial charge < -0.3 is 66.1 Å². The van der Waals surface area contributed by atoms with E-state index in [0.717, 1.165) is 167 Å². The summed E-state index contributed by atoms with van der Waals surface area (Å²) in [5.41, 5.74) is 11.9. The minimum absolute atomic E-state index is 0. The fourth-order valence-electron chi connectivity index (χ4n) is 12.6. The number of nitro benzene ring substituents is 6. The van der Waals surface area contributed by atoms with Crippen molar-refractivity contribution in [2.75, 3.05) is 150 Å². The van der Waals surface area contributed by atoms with Gasteiger partial charge in [0, 0.05) is 165 Å². The summed E-state index contributed by atoms with van der Waals surface area (Å²) >= 11 is 0.382. The van der Waals surface area contributed by atoms with Crippen LogP contribution in [0.2, 0.25) is 0 Å². The number of carboxylic acid groups (broad SMARTS) is 2. The Hall–Kier alpha value is -10.0. The maximum atomic E-state index is 11.5. The zero-order valence-electron chi connectivity index (χ0n) is 84.3. The van der Waals surface area contributed by atoms with E-state index < -0.39 is 53.8 Å². The van der Waals surface area contributed by atoms with Gasteiger partial charge >= 0.3 is 102 Å². The maximum absolute atomic E-state index is 11.5. The smallest absolute Gasteiger partial charge is 1.00 e. The predicted molar refractivity (Wildman–Crippen MR) is 529 cm³/mol. The molecule has 12 rings (SSSR count). The molecule has 0 aromatic heterocycles. The summed E-state index contributed by atoms with van der Waals surface area (Å²) in [6.07, 6.45) is 8.66. The first-order valence-corrected chi connectivity index (χ1v) is 47.5. The van der Waals surface area contributed by atoms with E-state index in [1.54, 1.807) is 81.4 Å². The monoisotopic (exact) mass is 2090 g/mol. The number of aliphatic carboxylic acids is 2. The first kappa shape index (κ1) is 133. The number of nitrogens with zero attached hydrogens (tertiary/aromatic N) is 8. The van der Waals surface area contributed by atoms with Crippen molar-refractivity contribution < 1.29 is 159 Å². The van der Waals surface area contributed by atoms with Crippen LogP contribution < -0.4 is 61.8 Å². The van der Waals surface area contributed by atoms with Gasteiger partial charge in [-0.25, -0.2) is 0 Å². The number of nitrogen functional groups attached to an aromatic ring is 1. The third kappa shape index (κ3) is 53.4. The van der Waals surface area contributed by atoms with E-state index in [4.69, 9.17) is 54.6 Å². The minimum atomic E-state index is -0.946. The number of non-ortho nitro benzene ring substituents is 6. The summed E-state index contributed by atoms with van der Waals surface area (Å²) in [6, 6.07) is 45.0.